The number of carbonyl (C=O) groups excluding carboxylic acids is 1. The van der Waals surface area contributed by atoms with Crippen LogP contribution in [-0.2, 0) is 9.53 Å². The van der Waals surface area contributed by atoms with Crippen LogP contribution >= 0.6 is 0 Å². The van der Waals surface area contributed by atoms with Gasteiger partial charge in [-0.05, 0) is 42.5 Å². The van der Waals surface area contributed by atoms with Gasteiger partial charge in [-0.1, -0.05) is 30.9 Å². The molecule has 3 aromatic rings. The molecule has 0 saturated heterocycles. The van der Waals surface area contributed by atoms with E-state index in [9.17, 15) is 14.4 Å². The third-order valence-electron chi connectivity index (χ3n) is 3.85. The molecule has 0 radical (unpaired) electrons. The maximum Gasteiger partial charge on any atom is 0.349 e. The Bertz CT molecular complexity index is 1060. The van der Waals surface area contributed by atoms with Gasteiger partial charge in [-0.3, -0.25) is 0 Å². The summed E-state index contributed by atoms with van der Waals surface area (Å²) in [6.07, 6.45) is 4.53. The van der Waals surface area contributed by atoms with Crippen LogP contribution in [0.2, 0.25) is 0 Å². The molecule has 0 unspecified atom stereocenters. The predicted octanol–water partition coefficient (Wildman–Crippen LogP) is 4.31. The van der Waals surface area contributed by atoms with Crippen LogP contribution in [0.15, 0.2) is 79.0 Å². The van der Waals surface area contributed by atoms with Crippen LogP contribution < -0.4 is 0 Å². The van der Waals surface area contributed by atoms with Crippen molar-refractivity contribution < 1.29 is 13.9 Å². The highest BCUT2D eigenvalue weighted by atomic mass is 19.1. The number of hydrogen-bond acceptors (Lipinski definition) is 4. The average molecular weight is 373 g/mol. The van der Waals surface area contributed by atoms with Crippen molar-refractivity contribution in [1.82, 2.24) is 9.78 Å². The van der Waals surface area contributed by atoms with Crippen LogP contribution in [0.4, 0.5) is 4.39 Å². The molecule has 0 aliphatic carbocycles. The molecule has 0 atom stereocenters. The van der Waals surface area contributed by atoms with Crippen LogP contribution in [0.1, 0.15) is 5.56 Å². The van der Waals surface area contributed by atoms with Crippen molar-refractivity contribution in [2.75, 3.05) is 6.61 Å². The maximum absolute atomic E-state index is 13.3. The molecule has 28 heavy (non-hydrogen) atoms. The second kappa shape index (κ2) is 8.60. The summed E-state index contributed by atoms with van der Waals surface area (Å²) in [6, 6.07) is 17.1. The quantitative estimate of drug-likeness (QED) is 0.279. The van der Waals surface area contributed by atoms with Gasteiger partial charge in [0, 0.05) is 17.3 Å². The van der Waals surface area contributed by atoms with E-state index in [4.69, 9.17) is 4.74 Å². The van der Waals surface area contributed by atoms with Gasteiger partial charge in [0.2, 0.25) is 0 Å². The number of hydrogen-bond donors (Lipinski definition) is 0. The van der Waals surface area contributed by atoms with Gasteiger partial charge in [-0.25, -0.2) is 13.9 Å². The normalized spacial score (nSPS) is 10.9. The first kappa shape index (κ1) is 18.8. The van der Waals surface area contributed by atoms with Crippen molar-refractivity contribution in [3.8, 4) is 23.0 Å². The van der Waals surface area contributed by atoms with Gasteiger partial charge >= 0.3 is 5.97 Å². The highest BCUT2D eigenvalue weighted by molar-refractivity contribution is 5.98. The van der Waals surface area contributed by atoms with Crippen molar-refractivity contribution >= 4 is 12.0 Å². The second-order valence-corrected chi connectivity index (χ2v) is 5.78. The fourth-order valence-corrected chi connectivity index (χ4v) is 2.54. The van der Waals surface area contributed by atoms with Crippen molar-refractivity contribution in [2.24, 2.45) is 0 Å². The standard InChI is InChI=1S/C22H16FN3O2/c1-2-12-28-22(27)17(14-24)13-18-15-26(20-6-4-3-5-7-20)25-21(18)16-8-10-19(23)11-9-16/h2-11,13,15H,1,12H2/b17-13+. The fraction of sp³-hybridized carbons (Fsp3) is 0.0455. The Labute approximate surface area is 161 Å². The Morgan fingerprint density at radius 1 is 1.21 bits per heavy atom. The summed E-state index contributed by atoms with van der Waals surface area (Å²) in [5.74, 6) is -1.12. The molecule has 0 aliphatic heterocycles. The lowest BCUT2D eigenvalue weighted by Crippen LogP contribution is -2.06. The van der Waals surface area contributed by atoms with E-state index in [0.29, 0.717) is 16.8 Å². The maximum atomic E-state index is 13.3. The highest BCUT2D eigenvalue weighted by Crippen LogP contribution is 2.26. The summed E-state index contributed by atoms with van der Waals surface area (Å²) in [4.78, 5) is 12.1. The zero-order chi connectivity index (χ0) is 19.9. The van der Waals surface area contributed by atoms with Crippen LogP contribution in [0.5, 0.6) is 0 Å². The number of carbonyl (C=O) groups is 1. The topological polar surface area (TPSA) is 67.9 Å². The number of ether oxygens (including phenoxy) is 1. The van der Waals surface area contributed by atoms with Crippen LogP contribution in [-0.4, -0.2) is 22.4 Å². The molecule has 0 N–H and O–H groups in total. The lowest BCUT2D eigenvalue weighted by Gasteiger charge is -2.01. The minimum absolute atomic E-state index is 0.00590. The fourth-order valence-electron chi connectivity index (χ4n) is 2.54. The molecule has 2 aromatic carbocycles. The lowest BCUT2D eigenvalue weighted by atomic mass is 10.1. The van der Waals surface area contributed by atoms with E-state index in [2.05, 4.69) is 11.7 Å². The van der Waals surface area contributed by atoms with Gasteiger partial charge in [-0.2, -0.15) is 10.4 Å². The van der Waals surface area contributed by atoms with Crippen molar-refractivity contribution in [3.63, 3.8) is 0 Å². The number of rotatable bonds is 6. The second-order valence-electron chi connectivity index (χ2n) is 5.78. The predicted molar refractivity (Wildman–Crippen MR) is 104 cm³/mol. The average Bonchev–Trinajstić information content (AvgIpc) is 3.15. The molecule has 0 aliphatic rings. The minimum atomic E-state index is -0.750. The summed E-state index contributed by atoms with van der Waals surface area (Å²) in [5.41, 5.74) is 2.32. The summed E-state index contributed by atoms with van der Waals surface area (Å²) < 4.78 is 19.9. The Balaban J connectivity index is 2.10. The zero-order valence-electron chi connectivity index (χ0n) is 14.9. The number of halogens is 1. The number of nitrogens with zero attached hydrogens (tertiary/aromatic N) is 3. The van der Waals surface area contributed by atoms with Gasteiger partial charge in [0.05, 0.1) is 11.4 Å². The molecule has 5 nitrogen and oxygen atoms in total. The molecule has 0 fully saturated rings. The molecular formula is C22H16FN3O2. The molecule has 0 saturated carbocycles. The van der Waals surface area contributed by atoms with Crippen molar-refractivity contribution in [1.29, 1.82) is 5.26 Å². The Kier molecular flexibility index (Phi) is 5.78. The molecule has 1 aromatic heterocycles. The third-order valence-corrected chi connectivity index (χ3v) is 3.85. The number of aromatic nitrogens is 2. The van der Waals surface area contributed by atoms with Crippen LogP contribution in [0, 0.1) is 17.1 Å². The van der Waals surface area contributed by atoms with Crippen molar-refractivity contribution in [2.45, 2.75) is 0 Å². The van der Waals surface area contributed by atoms with Gasteiger partial charge in [0.25, 0.3) is 0 Å². The van der Waals surface area contributed by atoms with Crippen LogP contribution in [0.3, 0.4) is 0 Å². The number of nitriles is 1. The van der Waals surface area contributed by atoms with Crippen molar-refractivity contribution in [3.05, 3.63) is 90.4 Å². The first-order chi connectivity index (χ1) is 13.6. The Morgan fingerprint density at radius 2 is 1.93 bits per heavy atom. The van der Waals surface area contributed by atoms with E-state index in [1.807, 2.05) is 36.4 Å². The summed E-state index contributed by atoms with van der Waals surface area (Å²) >= 11 is 0. The molecule has 3 rings (SSSR count). The van der Waals surface area contributed by atoms with E-state index < -0.39 is 5.97 Å². The minimum Gasteiger partial charge on any atom is -0.457 e. The van der Waals surface area contributed by atoms with Gasteiger partial charge in [0.15, 0.2) is 0 Å². The molecule has 1 heterocycles. The highest BCUT2D eigenvalue weighted by Gasteiger charge is 2.16. The lowest BCUT2D eigenvalue weighted by molar-refractivity contribution is -0.137. The summed E-state index contributed by atoms with van der Waals surface area (Å²) in [6.45, 7) is 3.48. The molecule has 6 heteroatoms. The summed E-state index contributed by atoms with van der Waals surface area (Å²) in [7, 11) is 0. The van der Waals surface area contributed by atoms with E-state index >= 15 is 0 Å². The summed E-state index contributed by atoms with van der Waals surface area (Å²) in [5, 5.41) is 13.9. The van der Waals surface area contributed by atoms with Gasteiger partial charge < -0.3 is 4.74 Å². The molecule has 0 spiro atoms. The first-order valence-corrected chi connectivity index (χ1v) is 8.43. The Hall–Kier alpha value is -3.98. The first-order valence-electron chi connectivity index (χ1n) is 8.43. The van der Waals surface area contributed by atoms with E-state index in [1.165, 1.54) is 24.3 Å². The third kappa shape index (κ3) is 4.22. The number of benzene rings is 2. The molecular weight excluding hydrogens is 357 g/mol. The smallest absolute Gasteiger partial charge is 0.349 e. The van der Waals surface area contributed by atoms with E-state index in [-0.39, 0.29) is 18.0 Å². The van der Waals surface area contributed by atoms with Gasteiger partial charge in [-0.15, -0.1) is 0 Å². The van der Waals surface area contributed by atoms with Gasteiger partial charge in [0.1, 0.15) is 24.1 Å². The number of para-hydroxylation sites is 1. The molecule has 0 amide bonds. The van der Waals surface area contributed by atoms with E-state index in [1.54, 1.807) is 23.0 Å². The Morgan fingerprint density at radius 3 is 2.57 bits per heavy atom. The zero-order valence-corrected chi connectivity index (χ0v) is 14.9. The monoisotopic (exact) mass is 373 g/mol. The molecule has 138 valence electrons. The SMILES string of the molecule is C=CCOC(=O)/C(C#N)=C/c1cn(-c2ccccc2)nc1-c1ccc(F)cc1. The van der Waals surface area contributed by atoms with Crippen LogP contribution in [0.25, 0.3) is 23.0 Å². The largest absolute Gasteiger partial charge is 0.457 e. The van der Waals surface area contributed by atoms with E-state index in [0.717, 1.165) is 5.69 Å². The number of esters is 1. The molecule has 0 bridgehead atoms.